The van der Waals surface area contributed by atoms with Crippen LogP contribution in [0.3, 0.4) is 0 Å². The van der Waals surface area contributed by atoms with Gasteiger partial charge in [-0.1, -0.05) is 0 Å². The zero-order valence-corrected chi connectivity index (χ0v) is 8.87. The summed E-state index contributed by atoms with van der Waals surface area (Å²) in [6.45, 7) is 0.313. The van der Waals surface area contributed by atoms with Crippen LogP contribution in [-0.4, -0.2) is 6.54 Å². The second-order valence-electron chi connectivity index (χ2n) is 2.84. The van der Waals surface area contributed by atoms with E-state index in [0.29, 0.717) is 13.0 Å². The van der Waals surface area contributed by atoms with Crippen LogP contribution in [0, 0.1) is 17.5 Å². The fourth-order valence-electron chi connectivity index (χ4n) is 1.12. The van der Waals surface area contributed by atoms with Crippen LogP contribution in [0.15, 0.2) is 10.5 Å². The van der Waals surface area contributed by atoms with Gasteiger partial charge in [-0.3, -0.25) is 0 Å². The fourth-order valence-corrected chi connectivity index (χ4v) is 1.56. The summed E-state index contributed by atoms with van der Waals surface area (Å²) in [6, 6.07) is 0.774. The Labute approximate surface area is 88.2 Å². The van der Waals surface area contributed by atoms with E-state index in [2.05, 4.69) is 15.9 Å². The van der Waals surface area contributed by atoms with Gasteiger partial charge in [-0.15, -0.1) is 0 Å². The first kappa shape index (κ1) is 11.5. The van der Waals surface area contributed by atoms with Crippen molar-refractivity contribution in [1.29, 1.82) is 0 Å². The molecule has 0 fully saturated rings. The summed E-state index contributed by atoms with van der Waals surface area (Å²) in [7, 11) is 0. The molecule has 1 rings (SSSR count). The van der Waals surface area contributed by atoms with Crippen molar-refractivity contribution in [2.75, 3.05) is 6.54 Å². The second kappa shape index (κ2) is 4.79. The minimum absolute atomic E-state index is 0.0663. The highest BCUT2D eigenvalue weighted by atomic mass is 79.9. The molecule has 0 amide bonds. The Bertz CT molecular complexity index is 315. The van der Waals surface area contributed by atoms with Crippen LogP contribution in [0.4, 0.5) is 13.2 Å². The predicted octanol–water partition coefficient (Wildman–Crippen LogP) is 2.76. The summed E-state index contributed by atoms with van der Waals surface area (Å²) in [5.41, 5.74) is 4.95. The molecule has 0 atom stereocenters. The van der Waals surface area contributed by atoms with Crippen molar-refractivity contribution >= 4 is 15.9 Å². The number of hydrogen-bond donors (Lipinski definition) is 1. The molecule has 0 heterocycles. The first-order chi connectivity index (χ1) is 6.57. The van der Waals surface area contributed by atoms with Crippen molar-refractivity contribution in [1.82, 2.24) is 0 Å². The third kappa shape index (κ3) is 2.27. The monoisotopic (exact) mass is 267 g/mol. The molecule has 0 aliphatic heterocycles. The van der Waals surface area contributed by atoms with Crippen molar-refractivity contribution in [3.05, 3.63) is 33.6 Å². The van der Waals surface area contributed by atoms with E-state index in [1.807, 2.05) is 0 Å². The molecule has 1 aromatic rings. The van der Waals surface area contributed by atoms with Crippen molar-refractivity contribution < 1.29 is 13.2 Å². The fraction of sp³-hybridized carbons (Fsp3) is 0.333. The van der Waals surface area contributed by atoms with E-state index in [-0.39, 0.29) is 16.5 Å². The minimum Gasteiger partial charge on any atom is -0.330 e. The zero-order chi connectivity index (χ0) is 10.7. The van der Waals surface area contributed by atoms with Gasteiger partial charge in [-0.25, -0.2) is 13.2 Å². The number of benzene rings is 1. The van der Waals surface area contributed by atoms with Crippen molar-refractivity contribution in [2.24, 2.45) is 5.73 Å². The smallest absolute Gasteiger partial charge is 0.165 e. The number of hydrogen-bond acceptors (Lipinski definition) is 1. The lowest BCUT2D eigenvalue weighted by molar-refractivity contribution is 0.475. The summed E-state index contributed by atoms with van der Waals surface area (Å²) in [5, 5.41) is 0. The molecule has 14 heavy (non-hydrogen) atoms. The van der Waals surface area contributed by atoms with Crippen LogP contribution in [0.5, 0.6) is 0 Å². The van der Waals surface area contributed by atoms with Gasteiger partial charge in [-0.2, -0.15) is 0 Å². The molecule has 0 aliphatic carbocycles. The molecule has 2 N–H and O–H groups in total. The molecule has 78 valence electrons. The summed E-state index contributed by atoms with van der Waals surface area (Å²) in [5.74, 6) is -2.93. The first-order valence-corrected chi connectivity index (χ1v) is 4.89. The molecule has 0 saturated heterocycles. The molecular formula is C9H9BrF3N. The Morgan fingerprint density at radius 3 is 2.43 bits per heavy atom. The minimum atomic E-state index is -1.13. The lowest BCUT2D eigenvalue weighted by atomic mass is 10.1. The maximum Gasteiger partial charge on any atom is 0.165 e. The summed E-state index contributed by atoms with van der Waals surface area (Å²) in [4.78, 5) is 0. The van der Waals surface area contributed by atoms with E-state index in [1.54, 1.807) is 0 Å². The SMILES string of the molecule is NCCCc1c(F)c(F)cc(Br)c1F. The third-order valence-electron chi connectivity index (χ3n) is 1.83. The summed E-state index contributed by atoms with van der Waals surface area (Å²) in [6.07, 6.45) is 0.522. The van der Waals surface area contributed by atoms with Gasteiger partial charge < -0.3 is 5.73 Å². The van der Waals surface area contributed by atoms with E-state index in [0.717, 1.165) is 6.07 Å². The third-order valence-corrected chi connectivity index (χ3v) is 2.41. The van der Waals surface area contributed by atoms with Gasteiger partial charge in [-0.05, 0) is 41.4 Å². The van der Waals surface area contributed by atoms with Crippen LogP contribution in [0.1, 0.15) is 12.0 Å². The van der Waals surface area contributed by atoms with Crippen LogP contribution in [0.2, 0.25) is 0 Å². The predicted molar refractivity (Wildman–Crippen MR) is 51.4 cm³/mol. The van der Waals surface area contributed by atoms with Gasteiger partial charge in [0.15, 0.2) is 11.6 Å². The van der Waals surface area contributed by atoms with Gasteiger partial charge >= 0.3 is 0 Å². The van der Waals surface area contributed by atoms with Crippen molar-refractivity contribution in [3.63, 3.8) is 0 Å². The van der Waals surface area contributed by atoms with E-state index >= 15 is 0 Å². The van der Waals surface area contributed by atoms with Crippen LogP contribution in [-0.2, 0) is 6.42 Å². The average Bonchev–Trinajstić information content (AvgIpc) is 2.15. The molecule has 0 bridgehead atoms. The highest BCUT2D eigenvalue weighted by molar-refractivity contribution is 9.10. The number of halogens is 4. The summed E-state index contributed by atoms with van der Waals surface area (Å²) >= 11 is 2.81. The quantitative estimate of drug-likeness (QED) is 0.838. The molecule has 5 heteroatoms. The van der Waals surface area contributed by atoms with Crippen LogP contribution >= 0.6 is 15.9 Å². The Morgan fingerprint density at radius 1 is 1.21 bits per heavy atom. The Kier molecular flexibility index (Phi) is 3.95. The molecule has 0 saturated carbocycles. The van der Waals surface area contributed by atoms with Gasteiger partial charge in [0.1, 0.15) is 5.82 Å². The largest absolute Gasteiger partial charge is 0.330 e. The topological polar surface area (TPSA) is 26.0 Å². The Hall–Kier alpha value is -0.550. The Balaban J connectivity index is 3.11. The molecule has 1 nitrogen and oxygen atoms in total. The van der Waals surface area contributed by atoms with Gasteiger partial charge in [0, 0.05) is 5.56 Å². The number of nitrogens with two attached hydrogens (primary N) is 1. The van der Waals surface area contributed by atoms with E-state index in [4.69, 9.17) is 5.73 Å². The molecule has 1 aromatic carbocycles. The molecular weight excluding hydrogens is 259 g/mol. The lowest BCUT2D eigenvalue weighted by Gasteiger charge is -2.06. The van der Waals surface area contributed by atoms with E-state index < -0.39 is 17.5 Å². The maximum atomic E-state index is 13.3. The lowest BCUT2D eigenvalue weighted by Crippen LogP contribution is -2.05. The van der Waals surface area contributed by atoms with Crippen molar-refractivity contribution in [2.45, 2.75) is 12.8 Å². The van der Waals surface area contributed by atoms with E-state index in [1.165, 1.54) is 0 Å². The van der Waals surface area contributed by atoms with E-state index in [9.17, 15) is 13.2 Å². The van der Waals surface area contributed by atoms with Crippen LogP contribution < -0.4 is 5.73 Å². The van der Waals surface area contributed by atoms with Gasteiger partial charge in [0.2, 0.25) is 0 Å². The maximum absolute atomic E-state index is 13.3. The molecule has 0 spiro atoms. The van der Waals surface area contributed by atoms with Crippen molar-refractivity contribution in [3.8, 4) is 0 Å². The number of rotatable bonds is 3. The van der Waals surface area contributed by atoms with Crippen LogP contribution in [0.25, 0.3) is 0 Å². The van der Waals surface area contributed by atoms with Gasteiger partial charge in [0.25, 0.3) is 0 Å². The van der Waals surface area contributed by atoms with Gasteiger partial charge in [0.05, 0.1) is 4.47 Å². The molecule has 0 radical (unpaired) electrons. The molecule has 0 unspecified atom stereocenters. The second-order valence-corrected chi connectivity index (χ2v) is 3.69. The standard InChI is InChI=1S/C9H9BrF3N/c10-6-4-7(11)9(13)5(8(6)12)2-1-3-14/h4H,1-3,14H2. The average molecular weight is 268 g/mol. The highest BCUT2D eigenvalue weighted by Crippen LogP contribution is 2.25. The normalized spacial score (nSPS) is 10.6. The zero-order valence-electron chi connectivity index (χ0n) is 7.29. The first-order valence-electron chi connectivity index (χ1n) is 4.10. The Morgan fingerprint density at radius 2 is 1.86 bits per heavy atom. The summed E-state index contributed by atoms with van der Waals surface area (Å²) < 4.78 is 39.1. The highest BCUT2D eigenvalue weighted by Gasteiger charge is 2.16. The molecule has 0 aromatic heterocycles. The molecule has 0 aliphatic rings.